The molecule has 0 saturated heterocycles. The third-order valence-corrected chi connectivity index (χ3v) is 1.40. The van der Waals surface area contributed by atoms with Gasteiger partial charge in [-0.25, -0.2) is 13.2 Å². The molecule has 0 heterocycles. The fourth-order valence-electron chi connectivity index (χ4n) is 0.825. The predicted molar refractivity (Wildman–Crippen MR) is 39.2 cm³/mol. The average molecular weight is 187 g/mol. The first-order valence-electron chi connectivity index (χ1n) is 3.29. The Morgan fingerprint density at radius 3 is 2.23 bits per heavy atom. The summed E-state index contributed by atoms with van der Waals surface area (Å²) in [4.78, 5) is 2.33. The second kappa shape index (κ2) is 3.82. The highest BCUT2D eigenvalue weighted by atomic mass is 19.1. The van der Waals surface area contributed by atoms with Gasteiger partial charge >= 0.3 is 0 Å². The molecule has 0 bridgehead atoms. The molecule has 0 N–H and O–H groups in total. The van der Waals surface area contributed by atoms with Crippen molar-refractivity contribution in [1.29, 1.82) is 0 Å². The van der Waals surface area contributed by atoms with E-state index < -0.39 is 29.6 Å². The Balaban J connectivity index is 3.12. The maximum Gasteiger partial charge on any atom is 0.132 e. The van der Waals surface area contributed by atoms with E-state index in [1.54, 1.807) is 0 Å². The minimum absolute atomic E-state index is 0.431. The molecule has 0 unspecified atom stereocenters. The van der Waals surface area contributed by atoms with Gasteiger partial charge in [0.2, 0.25) is 0 Å². The highest BCUT2D eigenvalue weighted by molar-refractivity contribution is 5.20. The van der Waals surface area contributed by atoms with Crippen molar-refractivity contribution < 1.29 is 13.2 Å². The molecule has 0 fully saturated rings. The van der Waals surface area contributed by atoms with Crippen molar-refractivity contribution in [2.24, 2.45) is 5.11 Å². The number of halogens is 3. The highest BCUT2D eigenvalue weighted by Gasteiger charge is 2.09. The highest BCUT2D eigenvalue weighted by Crippen LogP contribution is 2.15. The normalized spacial score (nSPS) is 9.46. The molecular weight excluding hydrogens is 183 g/mol. The van der Waals surface area contributed by atoms with Crippen LogP contribution < -0.4 is 0 Å². The van der Waals surface area contributed by atoms with E-state index >= 15 is 0 Å². The molecule has 0 radical (unpaired) electrons. The van der Waals surface area contributed by atoms with Crippen molar-refractivity contribution in [3.8, 4) is 0 Å². The summed E-state index contributed by atoms with van der Waals surface area (Å²) in [5.74, 6) is -3.10. The van der Waals surface area contributed by atoms with Crippen molar-refractivity contribution in [2.45, 2.75) is 6.54 Å². The van der Waals surface area contributed by atoms with E-state index in [1.807, 2.05) is 0 Å². The van der Waals surface area contributed by atoms with Crippen LogP contribution in [0.4, 0.5) is 13.2 Å². The molecule has 68 valence electrons. The summed E-state index contributed by atoms with van der Waals surface area (Å²) < 4.78 is 37.9. The van der Waals surface area contributed by atoms with Gasteiger partial charge in [-0.2, -0.15) is 0 Å². The Labute approximate surface area is 71.4 Å². The Bertz CT molecular complexity index is 348. The zero-order chi connectivity index (χ0) is 9.84. The van der Waals surface area contributed by atoms with Gasteiger partial charge in [0.25, 0.3) is 0 Å². The quantitative estimate of drug-likeness (QED) is 0.388. The smallest absolute Gasteiger partial charge is 0.132 e. The zero-order valence-corrected chi connectivity index (χ0v) is 6.34. The van der Waals surface area contributed by atoms with E-state index in [9.17, 15) is 13.2 Å². The van der Waals surface area contributed by atoms with Crippen molar-refractivity contribution in [3.63, 3.8) is 0 Å². The predicted octanol–water partition coefficient (Wildman–Crippen LogP) is 2.91. The zero-order valence-electron chi connectivity index (χ0n) is 6.34. The Hall–Kier alpha value is -1.68. The Morgan fingerprint density at radius 2 is 1.77 bits per heavy atom. The molecule has 0 saturated carbocycles. The van der Waals surface area contributed by atoms with Crippen LogP contribution in [-0.2, 0) is 6.54 Å². The number of hydrogen-bond donors (Lipinski definition) is 0. The molecule has 0 aromatic heterocycles. The molecule has 1 aromatic rings. The van der Waals surface area contributed by atoms with Crippen LogP contribution in [0.1, 0.15) is 5.56 Å². The van der Waals surface area contributed by atoms with Gasteiger partial charge in [-0.1, -0.05) is 5.11 Å². The second-order valence-corrected chi connectivity index (χ2v) is 2.24. The molecule has 0 amide bonds. The molecular formula is C7H4F3N3. The number of azide groups is 1. The molecule has 0 aliphatic rings. The van der Waals surface area contributed by atoms with E-state index in [2.05, 4.69) is 10.0 Å². The van der Waals surface area contributed by atoms with Crippen LogP contribution in [-0.4, -0.2) is 0 Å². The van der Waals surface area contributed by atoms with Crippen LogP contribution in [0.2, 0.25) is 0 Å². The maximum atomic E-state index is 12.8. The van der Waals surface area contributed by atoms with Crippen LogP contribution in [0.15, 0.2) is 17.2 Å². The van der Waals surface area contributed by atoms with E-state index in [0.29, 0.717) is 12.1 Å². The van der Waals surface area contributed by atoms with Crippen LogP contribution in [0, 0.1) is 17.5 Å². The Morgan fingerprint density at radius 1 is 1.23 bits per heavy atom. The largest absolute Gasteiger partial charge is 0.207 e. The van der Waals surface area contributed by atoms with Crippen molar-refractivity contribution in [1.82, 2.24) is 0 Å². The molecule has 3 nitrogen and oxygen atoms in total. The van der Waals surface area contributed by atoms with E-state index in [4.69, 9.17) is 5.53 Å². The van der Waals surface area contributed by atoms with Crippen LogP contribution in [0.3, 0.4) is 0 Å². The topological polar surface area (TPSA) is 48.8 Å². The lowest BCUT2D eigenvalue weighted by Crippen LogP contribution is -1.95. The summed E-state index contributed by atoms with van der Waals surface area (Å²) in [5.41, 5.74) is 7.47. The Kier molecular flexibility index (Phi) is 2.76. The second-order valence-electron chi connectivity index (χ2n) is 2.24. The van der Waals surface area contributed by atoms with Gasteiger partial charge < -0.3 is 0 Å². The van der Waals surface area contributed by atoms with Gasteiger partial charge in [-0.05, 0) is 5.53 Å². The number of nitrogens with zero attached hydrogens (tertiary/aromatic N) is 3. The summed E-state index contributed by atoms with van der Waals surface area (Å²) in [6.07, 6.45) is 0. The van der Waals surface area contributed by atoms with Crippen molar-refractivity contribution in [3.05, 3.63) is 45.6 Å². The molecule has 0 atom stereocenters. The first-order chi connectivity index (χ1) is 6.15. The monoisotopic (exact) mass is 187 g/mol. The fourth-order valence-corrected chi connectivity index (χ4v) is 0.825. The summed E-state index contributed by atoms with van der Waals surface area (Å²) in [5, 5.41) is 2.97. The first kappa shape index (κ1) is 9.41. The van der Waals surface area contributed by atoms with Gasteiger partial charge in [0.1, 0.15) is 17.5 Å². The van der Waals surface area contributed by atoms with Gasteiger partial charge in [0.15, 0.2) is 0 Å². The van der Waals surface area contributed by atoms with E-state index in [1.165, 1.54) is 0 Å². The first-order valence-corrected chi connectivity index (χ1v) is 3.29. The lowest BCUT2D eigenvalue weighted by Gasteiger charge is -2.00. The number of benzene rings is 1. The summed E-state index contributed by atoms with van der Waals surface area (Å²) in [6, 6.07) is 1.07. The number of rotatable bonds is 2. The van der Waals surface area contributed by atoms with Crippen LogP contribution >= 0.6 is 0 Å². The lowest BCUT2D eigenvalue weighted by atomic mass is 10.2. The van der Waals surface area contributed by atoms with Crippen molar-refractivity contribution >= 4 is 0 Å². The van der Waals surface area contributed by atoms with Crippen molar-refractivity contribution in [2.75, 3.05) is 0 Å². The molecule has 0 aliphatic carbocycles. The SMILES string of the molecule is [N-]=[N+]=NCc1c(F)cc(F)cc1F. The summed E-state index contributed by atoms with van der Waals surface area (Å²) in [6.45, 7) is -0.464. The van der Waals surface area contributed by atoms with Gasteiger partial charge in [0, 0.05) is 22.6 Å². The van der Waals surface area contributed by atoms with Crippen LogP contribution in [0.25, 0.3) is 10.4 Å². The van der Waals surface area contributed by atoms with E-state index in [0.717, 1.165) is 0 Å². The average Bonchev–Trinajstić information content (AvgIpc) is 2.02. The van der Waals surface area contributed by atoms with Gasteiger partial charge in [-0.3, -0.25) is 0 Å². The lowest BCUT2D eigenvalue weighted by molar-refractivity contribution is 0.524. The molecule has 6 heteroatoms. The van der Waals surface area contributed by atoms with Gasteiger partial charge in [0.05, 0.1) is 6.54 Å². The molecule has 13 heavy (non-hydrogen) atoms. The molecule has 0 spiro atoms. The fraction of sp³-hybridized carbons (Fsp3) is 0.143. The third kappa shape index (κ3) is 2.13. The summed E-state index contributed by atoms with van der Waals surface area (Å²) >= 11 is 0. The minimum atomic E-state index is -1.05. The minimum Gasteiger partial charge on any atom is -0.207 e. The van der Waals surface area contributed by atoms with Crippen LogP contribution in [0.5, 0.6) is 0 Å². The third-order valence-electron chi connectivity index (χ3n) is 1.40. The standard InChI is InChI=1S/C7H4F3N3/c8-4-1-6(9)5(3-12-13-11)7(10)2-4/h1-2H,3H2. The van der Waals surface area contributed by atoms with Gasteiger partial charge in [-0.15, -0.1) is 0 Å². The number of hydrogen-bond acceptors (Lipinski definition) is 1. The molecule has 1 aromatic carbocycles. The van der Waals surface area contributed by atoms with E-state index in [-0.39, 0.29) is 0 Å². The summed E-state index contributed by atoms with van der Waals surface area (Å²) in [7, 11) is 0. The molecule has 0 aliphatic heterocycles. The molecule has 1 rings (SSSR count). The maximum absolute atomic E-state index is 12.8.